The number of para-hydroxylation sites is 1. The van der Waals surface area contributed by atoms with Crippen molar-refractivity contribution in [2.75, 3.05) is 20.1 Å². The molecule has 1 aliphatic heterocycles. The second-order valence-corrected chi connectivity index (χ2v) is 8.21. The van der Waals surface area contributed by atoms with E-state index >= 15 is 0 Å². The number of aldehydes is 1. The molecule has 0 fully saturated rings. The summed E-state index contributed by atoms with van der Waals surface area (Å²) in [6.45, 7) is 3.74. The summed E-state index contributed by atoms with van der Waals surface area (Å²) in [4.78, 5) is 39.0. The van der Waals surface area contributed by atoms with Gasteiger partial charge in [0.1, 0.15) is 6.29 Å². The van der Waals surface area contributed by atoms with Gasteiger partial charge in [0.05, 0.1) is 18.2 Å². The van der Waals surface area contributed by atoms with Crippen LogP contribution in [0.3, 0.4) is 0 Å². The molecule has 0 saturated carbocycles. The predicted molar refractivity (Wildman–Crippen MR) is 122 cm³/mol. The molecular weight excluding hydrogens is 406 g/mol. The fourth-order valence-electron chi connectivity index (χ4n) is 4.60. The van der Waals surface area contributed by atoms with Crippen molar-refractivity contribution in [1.82, 2.24) is 14.4 Å². The summed E-state index contributed by atoms with van der Waals surface area (Å²) in [5.41, 5.74) is 4.72. The SMILES string of the molecule is CCN(CC=O)C(=O)C1Cc2c(n(Cc3ccc(C(=O)O)cc3)c3ccccc23)CN1C. The zero-order chi connectivity index (χ0) is 22.8. The van der Waals surface area contributed by atoms with Gasteiger partial charge in [-0.1, -0.05) is 30.3 Å². The summed E-state index contributed by atoms with van der Waals surface area (Å²) in [5.74, 6) is -0.956. The van der Waals surface area contributed by atoms with Gasteiger partial charge in [-0.3, -0.25) is 9.69 Å². The van der Waals surface area contributed by atoms with Crippen molar-refractivity contribution < 1.29 is 19.5 Å². The topological polar surface area (TPSA) is 82.8 Å². The van der Waals surface area contributed by atoms with E-state index in [1.165, 1.54) is 11.3 Å². The quantitative estimate of drug-likeness (QED) is 0.580. The third kappa shape index (κ3) is 3.91. The lowest BCUT2D eigenvalue weighted by molar-refractivity contribution is -0.138. The first-order chi connectivity index (χ1) is 15.4. The van der Waals surface area contributed by atoms with Crippen LogP contribution in [-0.2, 0) is 29.1 Å². The van der Waals surface area contributed by atoms with Crippen LogP contribution in [0.15, 0.2) is 48.5 Å². The van der Waals surface area contributed by atoms with Crippen molar-refractivity contribution in [3.63, 3.8) is 0 Å². The molecule has 32 heavy (non-hydrogen) atoms. The van der Waals surface area contributed by atoms with Crippen molar-refractivity contribution in [3.05, 3.63) is 70.9 Å². The van der Waals surface area contributed by atoms with Crippen LogP contribution in [-0.4, -0.2) is 63.8 Å². The van der Waals surface area contributed by atoms with Gasteiger partial charge in [-0.2, -0.15) is 0 Å². The minimum Gasteiger partial charge on any atom is -0.478 e. The summed E-state index contributed by atoms with van der Waals surface area (Å²) in [7, 11) is 1.95. The molecular formula is C25H27N3O4. The number of hydrogen-bond acceptors (Lipinski definition) is 4. The number of carboxylic acids is 1. The van der Waals surface area contributed by atoms with E-state index in [0.29, 0.717) is 26.1 Å². The number of benzene rings is 2. The maximum Gasteiger partial charge on any atom is 0.335 e. The molecule has 0 bridgehead atoms. The van der Waals surface area contributed by atoms with Crippen LogP contribution >= 0.6 is 0 Å². The Labute approximate surface area is 186 Å². The van der Waals surface area contributed by atoms with E-state index in [0.717, 1.165) is 22.8 Å². The van der Waals surface area contributed by atoms with Gasteiger partial charge in [-0.25, -0.2) is 4.79 Å². The average Bonchev–Trinajstić information content (AvgIpc) is 3.09. The Morgan fingerprint density at radius 1 is 1.16 bits per heavy atom. The first-order valence-electron chi connectivity index (χ1n) is 10.8. The lowest BCUT2D eigenvalue weighted by Crippen LogP contribution is -2.50. The molecule has 0 saturated heterocycles. The number of carbonyl (C=O) groups excluding carboxylic acids is 2. The number of rotatable bonds is 7. The number of likely N-dealkylation sites (N-methyl/N-ethyl adjacent to an activating group) is 2. The Hall–Kier alpha value is -3.45. The number of aromatic nitrogens is 1. The number of aromatic carboxylic acids is 1. The number of fused-ring (bicyclic) bond motifs is 3. The fourth-order valence-corrected chi connectivity index (χ4v) is 4.60. The average molecular weight is 434 g/mol. The van der Waals surface area contributed by atoms with Crippen LogP contribution in [0.1, 0.15) is 34.1 Å². The molecule has 7 nitrogen and oxygen atoms in total. The molecule has 1 aromatic heterocycles. The highest BCUT2D eigenvalue weighted by atomic mass is 16.4. The summed E-state index contributed by atoms with van der Waals surface area (Å²) in [6.07, 6.45) is 1.36. The molecule has 3 aromatic rings. The van der Waals surface area contributed by atoms with E-state index in [4.69, 9.17) is 5.11 Å². The van der Waals surface area contributed by atoms with E-state index in [2.05, 4.69) is 21.6 Å². The first kappa shape index (κ1) is 21.8. The zero-order valence-corrected chi connectivity index (χ0v) is 18.3. The predicted octanol–water partition coefficient (Wildman–Crippen LogP) is 2.79. The van der Waals surface area contributed by atoms with Gasteiger partial charge in [0.15, 0.2) is 0 Å². The molecule has 166 valence electrons. The molecule has 1 unspecified atom stereocenters. The molecule has 0 aliphatic carbocycles. The molecule has 0 spiro atoms. The molecule has 1 N–H and O–H groups in total. The Kier molecular flexibility index (Phi) is 6.10. The molecule has 1 amide bonds. The van der Waals surface area contributed by atoms with Crippen LogP contribution in [0.2, 0.25) is 0 Å². The van der Waals surface area contributed by atoms with Gasteiger partial charge in [0.25, 0.3) is 0 Å². The van der Waals surface area contributed by atoms with Crippen molar-refractivity contribution in [3.8, 4) is 0 Å². The Morgan fingerprint density at radius 2 is 1.88 bits per heavy atom. The number of nitrogens with zero attached hydrogens (tertiary/aromatic N) is 3. The Balaban J connectivity index is 1.71. The van der Waals surface area contributed by atoms with E-state index < -0.39 is 5.97 Å². The molecule has 2 aromatic carbocycles. The molecule has 1 aliphatic rings. The van der Waals surface area contributed by atoms with E-state index in [9.17, 15) is 14.4 Å². The highest BCUT2D eigenvalue weighted by molar-refractivity contribution is 5.89. The number of hydrogen-bond donors (Lipinski definition) is 1. The number of carbonyl (C=O) groups is 3. The summed E-state index contributed by atoms with van der Waals surface area (Å²) in [5, 5.41) is 10.3. The van der Waals surface area contributed by atoms with Crippen LogP contribution in [0.25, 0.3) is 10.9 Å². The van der Waals surface area contributed by atoms with Crippen molar-refractivity contribution >= 4 is 29.1 Å². The number of carboxylic acid groups (broad SMARTS) is 1. The van der Waals surface area contributed by atoms with Crippen molar-refractivity contribution in [1.29, 1.82) is 0 Å². The van der Waals surface area contributed by atoms with Gasteiger partial charge < -0.3 is 19.4 Å². The molecule has 2 heterocycles. The van der Waals surface area contributed by atoms with Crippen molar-refractivity contribution in [2.45, 2.75) is 32.5 Å². The molecule has 4 rings (SSSR count). The van der Waals surface area contributed by atoms with Crippen LogP contribution in [0.5, 0.6) is 0 Å². The molecule has 7 heteroatoms. The second kappa shape index (κ2) is 8.96. The van der Waals surface area contributed by atoms with E-state index in [-0.39, 0.29) is 24.1 Å². The van der Waals surface area contributed by atoms with Gasteiger partial charge in [0.2, 0.25) is 5.91 Å². The third-order valence-electron chi connectivity index (χ3n) is 6.34. The third-order valence-corrected chi connectivity index (χ3v) is 6.34. The van der Waals surface area contributed by atoms with Crippen LogP contribution in [0.4, 0.5) is 0 Å². The summed E-state index contributed by atoms with van der Waals surface area (Å²) < 4.78 is 2.26. The first-order valence-corrected chi connectivity index (χ1v) is 10.8. The van der Waals surface area contributed by atoms with Gasteiger partial charge in [-0.15, -0.1) is 0 Å². The summed E-state index contributed by atoms with van der Waals surface area (Å²) in [6, 6.07) is 14.8. The normalized spacial score (nSPS) is 16.0. The molecule has 1 atom stereocenters. The largest absolute Gasteiger partial charge is 0.478 e. The van der Waals surface area contributed by atoms with Gasteiger partial charge in [0, 0.05) is 36.2 Å². The van der Waals surface area contributed by atoms with E-state index in [1.807, 2.05) is 38.2 Å². The number of amides is 1. The van der Waals surface area contributed by atoms with Crippen molar-refractivity contribution in [2.24, 2.45) is 0 Å². The highest BCUT2D eigenvalue weighted by Gasteiger charge is 2.34. The van der Waals surface area contributed by atoms with Crippen LogP contribution < -0.4 is 0 Å². The van der Waals surface area contributed by atoms with E-state index in [1.54, 1.807) is 17.0 Å². The zero-order valence-electron chi connectivity index (χ0n) is 18.3. The lowest BCUT2D eigenvalue weighted by Gasteiger charge is -2.35. The second-order valence-electron chi connectivity index (χ2n) is 8.21. The van der Waals surface area contributed by atoms with Gasteiger partial charge in [-0.05, 0) is 49.7 Å². The highest BCUT2D eigenvalue weighted by Crippen LogP contribution is 2.33. The Bertz CT molecular complexity index is 1170. The van der Waals surface area contributed by atoms with Crippen LogP contribution in [0, 0.1) is 0 Å². The minimum atomic E-state index is -0.937. The standard InChI is InChI=1S/C25H27N3O4/c1-3-27(12-13-29)24(30)22-14-20-19-6-4-5-7-21(19)28(23(20)16-26(22)2)15-17-8-10-18(11-9-17)25(31)32/h4-11,13,22H,3,12,14-16H2,1-2H3,(H,31,32). The monoisotopic (exact) mass is 433 g/mol. The maximum absolute atomic E-state index is 13.1. The Morgan fingerprint density at radius 3 is 2.53 bits per heavy atom. The minimum absolute atomic E-state index is 0.0196. The smallest absolute Gasteiger partial charge is 0.335 e. The summed E-state index contributed by atoms with van der Waals surface area (Å²) >= 11 is 0. The molecule has 0 radical (unpaired) electrons. The lowest BCUT2D eigenvalue weighted by atomic mass is 9.96. The fraction of sp³-hybridized carbons (Fsp3) is 0.320. The maximum atomic E-state index is 13.1. The van der Waals surface area contributed by atoms with Gasteiger partial charge >= 0.3 is 5.97 Å².